The molecule has 0 saturated carbocycles. The molecule has 2 aromatic heterocycles. The number of hydrogen-bond donors (Lipinski definition) is 0. The predicted molar refractivity (Wildman–Crippen MR) is 249 cm³/mol. The Morgan fingerprint density at radius 2 is 0.932 bits per heavy atom. The number of fused-ring (bicyclic) bond motifs is 9. The number of hydrogen-bond acceptors (Lipinski definition) is 2. The standard InChI is InChI=1S/C56H36N2O/c1-3-13-37(14-4-1)39-23-27-43(28-24-39)57(44-29-25-38-15-7-8-16-40(38)33-44)45-30-32-50-54(35-45)59-55-36-51(46-19-9-10-21-49(46)56(50)55)41-26-31-48-47-20-11-12-22-52(47)58(53(48)34-41)42-17-5-2-6-18-42/h1-36H. The topological polar surface area (TPSA) is 21.3 Å². The number of furan rings is 1. The third-order valence-corrected chi connectivity index (χ3v) is 11.9. The fourth-order valence-electron chi connectivity index (χ4n) is 9.20. The van der Waals surface area contributed by atoms with Gasteiger partial charge in [0.2, 0.25) is 0 Å². The summed E-state index contributed by atoms with van der Waals surface area (Å²) in [6, 6.07) is 78.6. The van der Waals surface area contributed by atoms with Crippen LogP contribution in [0.15, 0.2) is 223 Å². The van der Waals surface area contributed by atoms with E-state index in [1.807, 2.05) is 0 Å². The quantitative estimate of drug-likeness (QED) is 0.169. The Kier molecular flexibility index (Phi) is 7.54. The third-order valence-electron chi connectivity index (χ3n) is 11.9. The summed E-state index contributed by atoms with van der Waals surface area (Å²) in [6.45, 7) is 0. The van der Waals surface area contributed by atoms with Crippen molar-refractivity contribution >= 4 is 82.4 Å². The minimum atomic E-state index is 0.853. The van der Waals surface area contributed by atoms with Gasteiger partial charge in [0.1, 0.15) is 11.2 Å². The molecule has 276 valence electrons. The maximum atomic E-state index is 6.93. The van der Waals surface area contributed by atoms with E-state index in [0.29, 0.717) is 0 Å². The molecule has 0 spiro atoms. The molecule has 0 radical (unpaired) electrons. The molecule has 0 aliphatic rings. The molecule has 2 heterocycles. The molecule has 0 bridgehead atoms. The average molecular weight is 753 g/mol. The molecule has 10 aromatic carbocycles. The van der Waals surface area contributed by atoms with E-state index < -0.39 is 0 Å². The predicted octanol–water partition coefficient (Wildman–Crippen LogP) is 15.8. The van der Waals surface area contributed by atoms with Crippen LogP contribution in [-0.2, 0) is 0 Å². The Labute approximate surface area is 341 Å². The molecule has 0 amide bonds. The number of nitrogens with zero attached hydrogens (tertiary/aromatic N) is 2. The van der Waals surface area contributed by atoms with E-state index in [2.05, 4.69) is 228 Å². The van der Waals surface area contributed by atoms with Crippen molar-refractivity contribution in [3.05, 3.63) is 218 Å². The van der Waals surface area contributed by atoms with Gasteiger partial charge in [-0.05, 0) is 111 Å². The fraction of sp³-hybridized carbons (Fsp3) is 0. The molecule has 0 unspecified atom stereocenters. The molecule has 0 aliphatic heterocycles. The molecule has 59 heavy (non-hydrogen) atoms. The van der Waals surface area contributed by atoms with Crippen molar-refractivity contribution in [1.82, 2.24) is 4.57 Å². The highest BCUT2D eigenvalue weighted by Crippen LogP contribution is 2.44. The van der Waals surface area contributed by atoms with Gasteiger partial charge in [-0.3, -0.25) is 0 Å². The van der Waals surface area contributed by atoms with Crippen molar-refractivity contribution in [3.63, 3.8) is 0 Å². The molecule has 0 saturated heterocycles. The highest BCUT2D eigenvalue weighted by Gasteiger charge is 2.20. The van der Waals surface area contributed by atoms with Gasteiger partial charge in [-0.25, -0.2) is 0 Å². The summed E-state index contributed by atoms with van der Waals surface area (Å²) in [5.41, 5.74) is 13.1. The van der Waals surface area contributed by atoms with Crippen LogP contribution in [0, 0.1) is 0 Å². The first kappa shape index (κ1) is 33.3. The van der Waals surface area contributed by atoms with Crippen LogP contribution in [0.3, 0.4) is 0 Å². The van der Waals surface area contributed by atoms with Gasteiger partial charge in [0, 0.05) is 50.4 Å². The molecule has 12 aromatic rings. The summed E-state index contributed by atoms with van der Waals surface area (Å²) in [5.74, 6) is 0. The first-order valence-electron chi connectivity index (χ1n) is 20.2. The number of para-hydroxylation sites is 2. The Balaban J connectivity index is 1.03. The second kappa shape index (κ2) is 13.4. The molecule has 3 heteroatoms. The van der Waals surface area contributed by atoms with Crippen LogP contribution >= 0.6 is 0 Å². The lowest BCUT2D eigenvalue weighted by Gasteiger charge is -2.26. The third kappa shape index (κ3) is 5.44. The van der Waals surface area contributed by atoms with Crippen LogP contribution in [0.1, 0.15) is 0 Å². The van der Waals surface area contributed by atoms with Crippen molar-refractivity contribution in [2.45, 2.75) is 0 Å². The van der Waals surface area contributed by atoms with E-state index in [1.54, 1.807) is 0 Å². The minimum Gasteiger partial charge on any atom is -0.456 e. The Morgan fingerprint density at radius 3 is 1.76 bits per heavy atom. The lowest BCUT2D eigenvalue weighted by molar-refractivity contribution is 0.669. The summed E-state index contributed by atoms with van der Waals surface area (Å²) < 4.78 is 9.31. The zero-order chi connectivity index (χ0) is 38.9. The normalized spacial score (nSPS) is 11.7. The molecule has 0 N–H and O–H groups in total. The highest BCUT2D eigenvalue weighted by molar-refractivity contribution is 6.23. The van der Waals surface area contributed by atoms with Crippen molar-refractivity contribution in [2.24, 2.45) is 0 Å². The maximum Gasteiger partial charge on any atom is 0.137 e. The molecular formula is C56H36N2O. The average Bonchev–Trinajstić information content (AvgIpc) is 3.85. The van der Waals surface area contributed by atoms with Crippen molar-refractivity contribution < 1.29 is 4.42 Å². The SMILES string of the molecule is c1ccc(-c2ccc(N(c3ccc4ccccc4c3)c3ccc4c(c3)oc3cc(-c5ccc6c7ccccc7n(-c7ccccc7)c6c5)c5ccccc5c34)cc2)cc1. The molecule has 3 nitrogen and oxygen atoms in total. The van der Waals surface area contributed by atoms with Gasteiger partial charge < -0.3 is 13.9 Å². The van der Waals surface area contributed by atoms with Crippen LogP contribution in [-0.4, -0.2) is 4.57 Å². The lowest BCUT2D eigenvalue weighted by Crippen LogP contribution is -2.09. The van der Waals surface area contributed by atoms with E-state index in [-0.39, 0.29) is 0 Å². The summed E-state index contributed by atoms with van der Waals surface area (Å²) in [7, 11) is 0. The monoisotopic (exact) mass is 752 g/mol. The first-order chi connectivity index (χ1) is 29.2. The Hall–Kier alpha value is -7.88. The van der Waals surface area contributed by atoms with E-state index in [9.17, 15) is 0 Å². The van der Waals surface area contributed by atoms with Gasteiger partial charge in [-0.2, -0.15) is 0 Å². The van der Waals surface area contributed by atoms with Gasteiger partial charge in [0.15, 0.2) is 0 Å². The van der Waals surface area contributed by atoms with Crippen LogP contribution < -0.4 is 4.90 Å². The van der Waals surface area contributed by atoms with Gasteiger partial charge in [-0.15, -0.1) is 0 Å². The zero-order valence-electron chi connectivity index (χ0n) is 32.1. The Morgan fingerprint density at radius 1 is 0.339 bits per heavy atom. The van der Waals surface area contributed by atoms with Crippen molar-refractivity contribution in [1.29, 1.82) is 0 Å². The van der Waals surface area contributed by atoms with Crippen molar-refractivity contribution in [2.75, 3.05) is 4.90 Å². The largest absolute Gasteiger partial charge is 0.456 e. The van der Waals surface area contributed by atoms with Gasteiger partial charge in [0.25, 0.3) is 0 Å². The van der Waals surface area contributed by atoms with E-state index >= 15 is 0 Å². The summed E-state index contributed by atoms with van der Waals surface area (Å²) in [4.78, 5) is 2.33. The number of anilines is 3. The molecule has 0 atom stereocenters. The second-order valence-electron chi connectivity index (χ2n) is 15.3. The van der Waals surface area contributed by atoms with E-state index in [0.717, 1.165) is 55.8 Å². The van der Waals surface area contributed by atoms with Gasteiger partial charge >= 0.3 is 0 Å². The summed E-state index contributed by atoms with van der Waals surface area (Å²) in [5, 5.41) is 9.51. The minimum absolute atomic E-state index is 0.853. The van der Waals surface area contributed by atoms with Crippen LogP contribution in [0.25, 0.3) is 93.2 Å². The lowest BCUT2D eigenvalue weighted by atomic mass is 9.94. The maximum absolute atomic E-state index is 6.93. The summed E-state index contributed by atoms with van der Waals surface area (Å²) in [6.07, 6.45) is 0. The zero-order valence-corrected chi connectivity index (χ0v) is 32.1. The summed E-state index contributed by atoms with van der Waals surface area (Å²) >= 11 is 0. The number of benzene rings is 10. The van der Waals surface area contributed by atoms with Crippen molar-refractivity contribution in [3.8, 4) is 27.9 Å². The second-order valence-corrected chi connectivity index (χ2v) is 15.3. The highest BCUT2D eigenvalue weighted by atomic mass is 16.3. The van der Waals surface area contributed by atoms with Gasteiger partial charge in [-0.1, -0.05) is 146 Å². The van der Waals surface area contributed by atoms with Crippen LogP contribution in [0.4, 0.5) is 17.1 Å². The molecule has 0 aliphatic carbocycles. The van der Waals surface area contributed by atoms with E-state index in [1.165, 1.54) is 54.5 Å². The first-order valence-corrected chi connectivity index (χ1v) is 20.2. The smallest absolute Gasteiger partial charge is 0.137 e. The number of rotatable bonds is 6. The van der Waals surface area contributed by atoms with Crippen LogP contribution in [0.5, 0.6) is 0 Å². The fourth-order valence-corrected chi connectivity index (χ4v) is 9.20. The molecule has 12 rings (SSSR count). The number of aromatic nitrogens is 1. The molecular weight excluding hydrogens is 717 g/mol. The van der Waals surface area contributed by atoms with Crippen LogP contribution in [0.2, 0.25) is 0 Å². The Bertz CT molecular complexity index is 3540. The van der Waals surface area contributed by atoms with E-state index in [4.69, 9.17) is 4.42 Å². The molecule has 0 fully saturated rings. The van der Waals surface area contributed by atoms with Gasteiger partial charge in [0.05, 0.1) is 11.0 Å².